The minimum Gasteiger partial charge on any atom is -0.477 e. The minimum absolute atomic E-state index is 0.298. The van der Waals surface area contributed by atoms with Crippen molar-refractivity contribution < 1.29 is 14.3 Å². The first-order valence-corrected chi connectivity index (χ1v) is 12.3. The second kappa shape index (κ2) is 8.80. The van der Waals surface area contributed by atoms with Gasteiger partial charge >= 0.3 is 5.97 Å². The summed E-state index contributed by atoms with van der Waals surface area (Å²) in [6, 6.07) is 7.20. The first-order chi connectivity index (χ1) is 12.6. The van der Waals surface area contributed by atoms with E-state index in [-0.39, 0.29) is 0 Å². The third-order valence-corrected chi connectivity index (χ3v) is 12.0. The van der Waals surface area contributed by atoms with Gasteiger partial charge in [0.1, 0.15) is 5.69 Å². The van der Waals surface area contributed by atoms with E-state index in [2.05, 4.69) is 41.5 Å². The van der Waals surface area contributed by atoms with E-state index in [0.29, 0.717) is 40.5 Å². The lowest BCUT2D eigenvalue weighted by atomic mass is 10.2. The zero-order valence-corrected chi connectivity index (χ0v) is 19.0. The van der Waals surface area contributed by atoms with Crippen LogP contribution in [0, 0.1) is 0 Å². The fourth-order valence-corrected chi connectivity index (χ4v) is 10.3. The van der Waals surface area contributed by atoms with E-state index in [1.54, 1.807) is 12.1 Å². The van der Waals surface area contributed by atoms with Gasteiger partial charge in [0.05, 0.1) is 5.52 Å². The molecule has 0 bridgehead atoms. The Hall–Kier alpha value is -1.30. The highest BCUT2D eigenvalue weighted by Gasteiger charge is 2.44. The Kier molecular flexibility index (Phi) is 7.17. The van der Waals surface area contributed by atoms with E-state index in [1.165, 1.54) is 0 Å². The SMILES string of the molecule is CC(C)[Si](OCCCn1c(C(=O)O)cc2ccc(Cl)cc21)(C(C)C)C(C)C. The number of carboxylic acid groups (broad SMARTS) is 1. The van der Waals surface area contributed by atoms with Crippen molar-refractivity contribution in [2.24, 2.45) is 0 Å². The lowest BCUT2D eigenvalue weighted by molar-refractivity contribution is 0.0685. The molecule has 0 aliphatic heterocycles. The Morgan fingerprint density at radius 1 is 1.11 bits per heavy atom. The van der Waals surface area contributed by atoms with Crippen LogP contribution in [0.3, 0.4) is 0 Å². The number of aromatic nitrogens is 1. The molecule has 0 unspecified atom stereocenters. The molecule has 1 aromatic heterocycles. The molecule has 150 valence electrons. The number of halogens is 1. The van der Waals surface area contributed by atoms with Crippen LogP contribution in [0.25, 0.3) is 10.9 Å². The van der Waals surface area contributed by atoms with E-state index in [1.807, 2.05) is 16.7 Å². The molecule has 0 atom stereocenters. The van der Waals surface area contributed by atoms with E-state index in [4.69, 9.17) is 16.0 Å². The topological polar surface area (TPSA) is 51.5 Å². The molecule has 6 heteroatoms. The zero-order chi connectivity index (χ0) is 20.4. The highest BCUT2D eigenvalue weighted by atomic mass is 35.5. The molecule has 0 saturated heterocycles. The Balaban J connectivity index is 2.18. The van der Waals surface area contributed by atoms with E-state index >= 15 is 0 Å². The fraction of sp³-hybridized carbons (Fsp3) is 0.571. The van der Waals surface area contributed by atoms with Gasteiger partial charge in [0, 0.05) is 23.6 Å². The molecule has 4 nitrogen and oxygen atoms in total. The number of nitrogens with zero attached hydrogens (tertiary/aromatic N) is 1. The average Bonchev–Trinajstić information content (AvgIpc) is 2.92. The summed E-state index contributed by atoms with van der Waals surface area (Å²) in [6.45, 7) is 14.9. The average molecular weight is 410 g/mol. The normalized spacial score (nSPS) is 12.7. The van der Waals surface area contributed by atoms with Crippen molar-refractivity contribution in [3.05, 3.63) is 35.0 Å². The van der Waals surface area contributed by atoms with Gasteiger partial charge in [-0.2, -0.15) is 0 Å². The van der Waals surface area contributed by atoms with E-state index in [9.17, 15) is 9.90 Å². The van der Waals surface area contributed by atoms with Gasteiger partial charge in [0.25, 0.3) is 0 Å². The number of rotatable bonds is 9. The van der Waals surface area contributed by atoms with Crippen LogP contribution in [-0.4, -0.2) is 30.6 Å². The van der Waals surface area contributed by atoms with Gasteiger partial charge in [0.2, 0.25) is 0 Å². The molecule has 2 aromatic rings. The van der Waals surface area contributed by atoms with Crippen molar-refractivity contribution in [2.75, 3.05) is 6.61 Å². The largest absolute Gasteiger partial charge is 0.477 e. The molecule has 0 spiro atoms. The fourth-order valence-electron chi connectivity index (χ4n) is 4.62. The molecule has 0 amide bonds. The zero-order valence-electron chi connectivity index (χ0n) is 17.3. The van der Waals surface area contributed by atoms with Crippen LogP contribution in [0.1, 0.15) is 58.5 Å². The number of hydrogen-bond acceptors (Lipinski definition) is 2. The third-order valence-electron chi connectivity index (χ3n) is 5.67. The lowest BCUT2D eigenvalue weighted by Crippen LogP contribution is -2.48. The van der Waals surface area contributed by atoms with Gasteiger partial charge in [-0.25, -0.2) is 4.79 Å². The second-order valence-electron chi connectivity index (χ2n) is 8.21. The molecule has 1 aromatic carbocycles. The summed E-state index contributed by atoms with van der Waals surface area (Å²) in [5.74, 6) is -0.918. The number of carbonyl (C=O) groups is 1. The maximum Gasteiger partial charge on any atom is 0.352 e. The summed E-state index contributed by atoms with van der Waals surface area (Å²) in [7, 11) is -1.89. The molecule has 0 fully saturated rings. The van der Waals surface area contributed by atoms with Crippen LogP contribution < -0.4 is 0 Å². The van der Waals surface area contributed by atoms with Crippen molar-refractivity contribution in [3.63, 3.8) is 0 Å². The number of benzene rings is 1. The standard InChI is InChI=1S/C21H32ClNO3Si/c1-14(2)27(15(3)4,16(5)6)26-11-7-10-23-19-13-18(22)9-8-17(19)12-20(23)21(24)25/h8-9,12-16H,7,10-11H2,1-6H3,(H,24,25). The van der Waals surface area contributed by atoms with Gasteiger partial charge in [-0.15, -0.1) is 0 Å². The van der Waals surface area contributed by atoms with Gasteiger partial charge in [0.15, 0.2) is 8.32 Å². The molecule has 0 radical (unpaired) electrons. The van der Waals surface area contributed by atoms with Gasteiger partial charge < -0.3 is 14.1 Å². The van der Waals surface area contributed by atoms with Crippen molar-refractivity contribution in [1.29, 1.82) is 0 Å². The predicted molar refractivity (Wildman–Crippen MR) is 116 cm³/mol. The lowest BCUT2D eigenvalue weighted by Gasteiger charge is -2.42. The summed E-state index contributed by atoms with van der Waals surface area (Å²) in [6.07, 6.45) is 0.775. The number of aromatic carboxylic acids is 1. The molecule has 1 N–H and O–H groups in total. The monoisotopic (exact) mass is 409 g/mol. The van der Waals surface area contributed by atoms with Crippen molar-refractivity contribution >= 4 is 36.8 Å². The maximum absolute atomic E-state index is 11.7. The molecule has 0 saturated carbocycles. The molecule has 0 aliphatic carbocycles. The first-order valence-electron chi connectivity index (χ1n) is 9.77. The van der Waals surface area contributed by atoms with Crippen LogP contribution in [0.5, 0.6) is 0 Å². The van der Waals surface area contributed by atoms with Crippen molar-refractivity contribution in [1.82, 2.24) is 4.57 Å². The Morgan fingerprint density at radius 3 is 2.22 bits per heavy atom. The summed E-state index contributed by atoms with van der Waals surface area (Å²) in [5.41, 5.74) is 2.78. The molecular weight excluding hydrogens is 378 g/mol. The second-order valence-corrected chi connectivity index (χ2v) is 14.1. The molecule has 27 heavy (non-hydrogen) atoms. The van der Waals surface area contributed by atoms with Gasteiger partial charge in [-0.05, 0) is 41.2 Å². The summed E-state index contributed by atoms with van der Waals surface area (Å²) >= 11 is 6.13. The van der Waals surface area contributed by atoms with E-state index < -0.39 is 14.3 Å². The van der Waals surface area contributed by atoms with Crippen LogP contribution in [-0.2, 0) is 11.0 Å². The Labute approximate surface area is 168 Å². The van der Waals surface area contributed by atoms with Gasteiger partial charge in [-0.3, -0.25) is 0 Å². The molecule has 0 aliphatic rings. The van der Waals surface area contributed by atoms with Gasteiger partial charge in [-0.1, -0.05) is 59.2 Å². The number of aryl methyl sites for hydroxylation is 1. The summed E-state index contributed by atoms with van der Waals surface area (Å²) in [4.78, 5) is 11.7. The number of fused-ring (bicyclic) bond motifs is 1. The predicted octanol–water partition coefficient (Wildman–Crippen LogP) is 6.58. The molecule has 2 rings (SSSR count). The van der Waals surface area contributed by atoms with Crippen molar-refractivity contribution in [2.45, 2.75) is 71.1 Å². The summed E-state index contributed by atoms with van der Waals surface area (Å²) < 4.78 is 8.44. The van der Waals surface area contributed by atoms with Crippen LogP contribution in [0.2, 0.25) is 21.6 Å². The van der Waals surface area contributed by atoms with Crippen LogP contribution >= 0.6 is 11.6 Å². The number of carboxylic acids is 1. The highest BCUT2D eigenvalue weighted by Crippen LogP contribution is 2.42. The Bertz CT molecular complexity index is 776. The quantitative estimate of drug-likeness (QED) is 0.376. The molecule has 1 heterocycles. The first kappa shape index (κ1) is 22.0. The van der Waals surface area contributed by atoms with E-state index in [0.717, 1.165) is 17.3 Å². The third kappa shape index (κ3) is 4.41. The maximum atomic E-state index is 11.7. The van der Waals surface area contributed by atoms with Crippen molar-refractivity contribution in [3.8, 4) is 0 Å². The van der Waals surface area contributed by atoms with Crippen LogP contribution in [0.15, 0.2) is 24.3 Å². The minimum atomic E-state index is -1.89. The number of hydrogen-bond donors (Lipinski definition) is 1. The Morgan fingerprint density at radius 2 is 1.70 bits per heavy atom. The molecular formula is C21H32ClNO3Si. The summed E-state index contributed by atoms with van der Waals surface area (Å²) in [5, 5.41) is 11.1. The highest BCUT2D eigenvalue weighted by molar-refractivity contribution is 6.77. The smallest absolute Gasteiger partial charge is 0.352 e. The van der Waals surface area contributed by atoms with Crippen LogP contribution in [0.4, 0.5) is 0 Å².